The average Bonchev–Trinajstić information content (AvgIpc) is 3.12. The van der Waals surface area contributed by atoms with Crippen molar-refractivity contribution in [2.24, 2.45) is 0 Å². The van der Waals surface area contributed by atoms with Crippen molar-refractivity contribution in [2.45, 2.75) is 31.2 Å². The van der Waals surface area contributed by atoms with E-state index in [1.54, 1.807) is 9.58 Å². The molecule has 7 heteroatoms. The molecule has 126 valence electrons. The number of aromatic nitrogens is 3. The van der Waals surface area contributed by atoms with Gasteiger partial charge < -0.3 is 10.2 Å². The van der Waals surface area contributed by atoms with Gasteiger partial charge in [-0.2, -0.15) is 0 Å². The predicted octanol–water partition coefficient (Wildman–Crippen LogP) is 2.23. The van der Waals surface area contributed by atoms with Gasteiger partial charge in [-0.1, -0.05) is 23.7 Å². The molecule has 0 radical (unpaired) electrons. The number of likely N-dealkylation sites (N-methyl/N-ethyl adjacent to an activating group) is 1. The van der Waals surface area contributed by atoms with Crippen LogP contribution in [0.25, 0.3) is 5.69 Å². The second kappa shape index (κ2) is 6.18. The van der Waals surface area contributed by atoms with E-state index in [-0.39, 0.29) is 17.8 Å². The van der Waals surface area contributed by atoms with Crippen molar-refractivity contribution in [3.05, 3.63) is 40.9 Å². The van der Waals surface area contributed by atoms with Gasteiger partial charge in [0.2, 0.25) is 5.82 Å². The van der Waals surface area contributed by atoms with Crippen LogP contribution in [0.1, 0.15) is 41.6 Å². The number of benzene rings is 1. The molecule has 1 atom stereocenters. The van der Waals surface area contributed by atoms with Gasteiger partial charge in [0.05, 0.1) is 10.7 Å². The molecule has 1 aromatic heterocycles. The van der Waals surface area contributed by atoms with Crippen molar-refractivity contribution in [1.82, 2.24) is 25.0 Å². The second-order valence-corrected chi connectivity index (χ2v) is 6.90. The largest absolute Gasteiger partial charge is 0.335 e. The normalized spacial score (nSPS) is 20.3. The van der Waals surface area contributed by atoms with Gasteiger partial charge >= 0.3 is 0 Å². The van der Waals surface area contributed by atoms with Gasteiger partial charge in [-0.25, -0.2) is 9.67 Å². The molecular formula is C17H20ClN5O. The average molecular weight is 346 g/mol. The second-order valence-electron chi connectivity index (χ2n) is 6.49. The first-order valence-electron chi connectivity index (χ1n) is 8.35. The number of halogens is 1. The molecular weight excluding hydrogens is 326 g/mol. The van der Waals surface area contributed by atoms with Gasteiger partial charge in [-0.3, -0.25) is 4.79 Å². The van der Waals surface area contributed by atoms with Crippen molar-refractivity contribution in [2.75, 3.05) is 20.1 Å². The fourth-order valence-electron chi connectivity index (χ4n) is 3.11. The number of carbonyl (C=O) groups is 1. The van der Waals surface area contributed by atoms with E-state index in [1.807, 2.05) is 31.3 Å². The standard InChI is InChI=1S/C17H20ClN5O/c1-22(12-8-9-19-10-12)17(24)15-20-16(11-6-7-11)23(21-15)14-5-3-2-4-13(14)18/h2-5,11-12,19H,6-10H2,1H3. The van der Waals surface area contributed by atoms with Gasteiger partial charge in [0.25, 0.3) is 5.91 Å². The molecule has 1 saturated heterocycles. The highest BCUT2D eigenvalue weighted by atomic mass is 35.5. The van der Waals surface area contributed by atoms with Crippen LogP contribution in [0.4, 0.5) is 0 Å². The highest BCUT2D eigenvalue weighted by molar-refractivity contribution is 6.32. The first-order chi connectivity index (χ1) is 11.6. The van der Waals surface area contributed by atoms with Crippen molar-refractivity contribution in [1.29, 1.82) is 0 Å². The maximum atomic E-state index is 12.8. The summed E-state index contributed by atoms with van der Waals surface area (Å²) >= 11 is 6.32. The van der Waals surface area contributed by atoms with Crippen LogP contribution in [0, 0.1) is 0 Å². The van der Waals surface area contributed by atoms with Crippen molar-refractivity contribution < 1.29 is 4.79 Å². The molecule has 24 heavy (non-hydrogen) atoms. The van der Waals surface area contributed by atoms with E-state index < -0.39 is 0 Å². The molecule has 1 saturated carbocycles. The highest BCUT2D eigenvalue weighted by Gasteiger charge is 2.33. The Bertz CT molecular complexity index is 764. The minimum Gasteiger partial charge on any atom is -0.335 e. The number of para-hydroxylation sites is 1. The van der Waals surface area contributed by atoms with Crippen LogP contribution in [0.15, 0.2) is 24.3 Å². The Labute approximate surface area is 145 Å². The van der Waals surface area contributed by atoms with E-state index in [0.29, 0.717) is 10.9 Å². The summed E-state index contributed by atoms with van der Waals surface area (Å²) in [5, 5.41) is 8.39. The van der Waals surface area contributed by atoms with Gasteiger partial charge in [-0.05, 0) is 37.9 Å². The quantitative estimate of drug-likeness (QED) is 0.923. The van der Waals surface area contributed by atoms with Crippen LogP contribution >= 0.6 is 11.6 Å². The zero-order chi connectivity index (χ0) is 16.7. The summed E-state index contributed by atoms with van der Waals surface area (Å²) in [5.41, 5.74) is 0.776. The third-order valence-corrected chi connectivity index (χ3v) is 5.07. The summed E-state index contributed by atoms with van der Waals surface area (Å²) < 4.78 is 1.74. The van der Waals surface area contributed by atoms with Crippen molar-refractivity contribution >= 4 is 17.5 Å². The predicted molar refractivity (Wildman–Crippen MR) is 91.7 cm³/mol. The number of hydrogen-bond donors (Lipinski definition) is 1. The van der Waals surface area contributed by atoms with Gasteiger partial charge in [0.1, 0.15) is 5.82 Å². The lowest BCUT2D eigenvalue weighted by atomic mass is 10.2. The van der Waals surface area contributed by atoms with E-state index >= 15 is 0 Å². The van der Waals surface area contributed by atoms with Gasteiger partial charge in [-0.15, -0.1) is 5.10 Å². The molecule has 2 heterocycles. The highest BCUT2D eigenvalue weighted by Crippen LogP contribution is 2.40. The molecule has 4 rings (SSSR count). The van der Waals surface area contributed by atoms with Gasteiger partial charge in [0, 0.05) is 25.6 Å². The lowest BCUT2D eigenvalue weighted by molar-refractivity contribution is 0.0731. The van der Waals surface area contributed by atoms with Crippen molar-refractivity contribution in [3.63, 3.8) is 0 Å². The molecule has 6 nitrogen and oxygen atoms in total. The molecule has 2 aliphatic rings. The van der Waals surface area contributed by atoms with Crippen LogP contribution in [-0.2, 0) is 0 Å². The zero-order valence-corrected chi connectivity index (χ0v) is 14.3. The fraction of sp³-hybridized carbons (Fsp3) is 0.471. The molecule has 1 unspecified atom stereocenters. The minimum atomic E-state index is -0.128. The Balaban J connectivity index is 1.69. The molecule has 1 aliphatic carbocycles. The van der Waals surface area contributed by atoms with E-state index in [2.05, 4.69) is 15.4 Å². The Morgan fingerprint density at radius 2 is 2.12 bits per heavy atom. The summed E-state index contributed by atoms with van der Waals surface area (Å²) in [7, 11) is 1.83. The van der Waals surface area contributed by atoms with Crippen LogP contribution in [0.5, 0.6) is 0 Å². The summed E-state index contributed by atoms with van der Waals surface area (Å²) in [6, 6.07) is 7.73. The molecule has 2 fully saturated rings. The van der Waals surface area contributed by atoms with Crippen LogP contribution < -0.4 is 5.32 Å². The van der Waals surface area contributed by atoms with Crippen LogP contribution in [-0.4, -0.2) is 51.8 Å². The molecule has 1 aliphatic heterocycles. The molecule has 2 aromatic rings. The summed E-state index contributed by atoms with van der Waals surface area (Å²) in [6.07, 6.45) is 3.13. The maximum Gasteiger partial charge on any atom is 0.293 e. The maximum absolute atomic E-state index is 12.8. The molecule has 1 aromatic carbocycles. The van der Waals surface area contributed by atoms with E-state index in [0.717, 1.165) is 43.9 Å². The number of amides is 1. The third-order valence-electron chi connectivity index (χ3n) is 4.75. The third kappa shape index (κ3) is 2.80. The first kappa shape index (κ1) is 15.6. The number of hydrogen-bond acceptors (Lipinski definition) is 4. The minimum absolute atomic E-state index is 0.128. The van der Waals surface area contributed by atoms with Crippen molar-refractivity contribution in [3.8, 4) is 5.69 Å². The van der Waals surface area contributed by atoms with Gasteiger partial charge in [0.15, 0.2) is 0 Å². The van der Waals surface area contributed by atoms with Crippen LogP contribution in [0.2, 0.25) is 5.02 Å². The lowest BCUT2D eigenvalue weighted by Gasteiger charge is -2.22. The Morgan fingerprint density at radius 3 is 2.79 bits per heavy atom. The Morgan fingerprint density at radius 1 is 1.33 bits per heavy atom. The van der Waals surface area contributed by atoms with E-state index in [9.17, 15) is 4.79 Å². The number of nitrogens with one attached hydrogen (secondary N) is 1. The Kier molecular flexibility index (Phi) is 4.02. The molecule has 0 spiro atoms. The van der Waals surface area contributed by atoms with Crippen LogP contribution in [0.3, 0.4) is 0 Å². The molecule has 0 bridgehead atoms. The molecule has 1 amide bonds. The summed E-state index contributed by atoms with van der Waals surface area (Å²) in [5.74, 6) is 1.33. The monoisotopic (exact) mass is 345 g/mol. The zero-order valence-electron chi connectivity index (χ0n) is 13.6. The SMILES string of the molecule is CN(C(=O)c1nc(C2CC2)n(-c2ccccc2Cl)n1)C1CCNC1. The fourth-order valence-corrected chi connectivity index (χ4v) is 3.33. The van der Waals surface area contributed by atoms with E-state index in [4.69, 9.17) is 11.6 Å². The lowest BCUT2D eigenvalue weighted by Crippen LogP contribution is -2.38. The smallest absolute Gasteiger partial charge is 0.293 e. The number of nitrogens with zero attached hydrogens (tertiary/aromatic N) is 4. The molecule has 1 N–H and O–H groups in total. The first-order valence-corrected chi connectivity index (χ1v) is 8.72. The van der Waals surface area contributed by atoms with E-state index in [1.165, 1.54) is 0 Å². The number of rotatable bonds is 4. The Hall–Kier alpha value is -1.92. The number of carbonyl (C=O) groups excluding carboxylic acids is 1. The summed E-state index contributed by atoms with van der Waals surface area (Å²) in [4.78, 5) is 19.1. The topological polar surface area (TPSA) is 63.1 Å². The summed E-state index contributed by atoms with van der Waals surface area (Å²) in [6.45, 7) is 1.76.